The maximum Gasteiger partial charge on any atom is 0.569 e. The minimum absolute atomic E-state index is 0.605. The summed E-state index contributed by atoms with van der Waals surface area (Å²) in [4.78, 5) is 0. The molecular formula is C24H17BNO2. The molecule has 0 aliphatic heterocycles. The van der Waals surface area contributed by atoms with E-state index in [1.165, 1.54) is 21.8 Å². The molecule has 1 N–H and O–H groups in total. The number of nitrogens with zero attached hydrogens (tertiary/aromatic N) is 1. The quantitative estimate of drug-likeness (QED) is 0.437. The van der Waals surface area contributed by atoms with Gasteiger partial charge < -0.3 is 14.2 Å². The minimum Gasteiger partial charge on any atom is -0.537 e. The summed E-state index contributed by atoms with van der Waals surface area (Å²) in [7, 11) is 0.694. The van der Waals surface area contributed by atoms with E-state index in [1.807, 2.05) is 30.3 Å². The maximum atomic E-state index is 8.77. The summed E-state index contributed by atoms with van der Waals surface area (Å²) in [6, 6.07) is 33.2. The van der Waals surface area contributed by atoms with Crippen molar-refractivity contribution in [1.82, 2.24) is 4.57 Å². The van der Waals surface area contributed by atoms with Crippen LogP contribution in [0.25, 0.3) is 38.6 Å². The van der Waals surface area contributed by atoms with Crippen molar-refractivity contribution in [3.63, 3.8) is 0 Å². The van der Waals surface area contributed by atoms with Gasteiger partial charge in [0.25, 0.3) is 0 Å². The summed E-state index contributed by atoms with van der Waals surface area (Å²) in [6.45, 7) is 0. The summed E-state index contributed by atoms with van der Waals surface area (Å²) in [6.07, 6.45) is 0. The highest BCUT2D eigenvalue weighted by atomic mass is 16.5. The molecule has 0 aliphatic carbocycles. The van der Waals surface area contributed by atoms with Crippen molar-refractivity contribution in [1.29, 1.82) is 0 Å². The van der Waals surface area contributed by atoms with E-state index in [1.54, 1.807) is 0 Å². The zero-order valence-electron chi connectivity index (χ0n) is 15.1. The van der Waals surface area contributed by atoms with Gasteiger partial charge in [0.15, 0.2) is 0 Å². The van der Waals surface area contributed by atoms with Gasteiger partial charge >= 0.3 is 7.69 Å². The van der Waals surface area contributed by atoms with E-state index < -0.39 is 0 Å². The summed E-state index contributed by atoms with van der Waals surface area (Å²) >= 11 is 0. The molecule has 1 aromatic heterocycles. The van der Waals surface area contributed by atoms with E-state index in [2.05, 4.69) is 71.3 Å². The first-order chi connectivity index (χ1) is 13.8. The van der Waals surface area contributed by atoms with Gasteiger partial charge in [0, 0.05) is 16.5 Å². The Labute approximate surface area is 163 Å². The molecular weight excluding hydrogens is 345 g/mol. The van der Waals surface area contributed by atoms with Crippen molar-refractivity contribution in [2.24, 2.45) is 0 Å². The van der Waals surface area contributed by atoms with Crippen LogP contribution in [0.2, 0.25) is 0 Å². The van der Waals surface area contributed by atoms with Crippen LogP contribution in [-0.2, 0) is 0 Å². The predicted molar refractivity (Wildman–Crippen MR) is 115 cm³/mol. The van der Waals surface area contributed by atoms with Gasteiger partial charge in [0.1, 0.15) is 5.75 Å². The summed E-state index contributed by atoms with van der Waals surface area (Å²) in [5, 5.41) is 11.2. The van der Waals surface area contributed by atoms with Crippen LogP contribution in [0.15, 0.2) is 97.1 Å². The smallest absolute Gasteiger partial charge is 0.537 e. The highest BCUT2D eigenvalue weighted by Crippen LogP contribution is 2.35. The first kappa shape index (κ1) is 16.7. The largest absolute Gasteiger partial charge is 0.569 e. The van der Waals surface area contributed by atoms with Crippen LogP contribution in [-0.4, -0.2) is 17.3 Å². The van der Waals surface area contributed by atoms with Gasteiger partial charge in [-0.25, -0.2) is 0 Å². The molecule has 4 heteroatoms. The average Bonchev–Trinajstić information content (AvgIpc) is 3.09. The van der Waals surface area contributed by atoms with Crippen molar-refractivity contribution in [3.05, 3.63) is 97.1 Å². The molecule has 5 rings (SSSR count). The lowest BCUT2D eigenvalue weighted by atomic mass is 10.0. The molecule has 1 heterocycles. The number of fused-ring (bicyclic) bond motifs is 3. The van der Waals surface area contributed by atoms with Crippen molar-refractivity contribution < 1.29 is 9.68 Å². The van der Waals surface area contributed by atoms with Crippen LogP contribution in [0, 0.1) is 0 Å². The van der Waals surface area contributed by atoms with Gasteiger partial charge in [-0.15, -0.1) is 0 Å². The van der Waals surface area contributed by atoms with Crippen LogP contribution in [0.5, 0.6) is 5.75 Å². The van der Waals surface area contributed by atoms with Gasteiger partial charge in [-0.1, -0.05) is 54.6 Å². The molecule has 0 saturated carbocycles. The Bertz CT molecular complexity index is 1260. The van der Waals surface area contributed by atoms with Crippen molar-refractivity contribution in [2.45, 2.75) is 0 Å². The molecule has 5 aromatic rings. The van der Waals surface area contributed by atoms with Crippen LogP contribution < -0.4 is 4.65 Å². The zero-order chi connectivity index (χ0) is 18.9. The number of aromatic nitrogens is 1. The topological polar surface area (TPSA) is 34.4 Å². The normalized spacial score (nSPS) is 11.0. The van der Waals surface area contributed by atoms with Crippen LogP contribution in [0.4, 0.5) is 0 Å². The summed E-state index contributed by atoms with van der Waals surface area (Å²) in [5.41, 5.74) is 5.78. The monoisotopic (exact) mass is 362 g/mol. The highest BCUT2D eigenvalue weighted by molar-refractivity contribution is 6.17. The highest BCUT2D eigenvalue weighted by Gasteiger charge is 2.12. The number of hydrogen-bond donors (Lipinski definition) is 1. The number of para-hydroxylation sites is 2. The SMILES string of the molecule is O[B]Oc1ccc(-c2ccc3c(c2)c2ccccc2n3-c2ccccc2)cc1. The Morgan fingerprint density at radius 3 is 2.11 bits per heavy atom. The second-order valence-corrected chi connectivity index (χ2v) is 6.67. The van der Waals surface area contributed by atoms with Crippen LogP contribution in [0.1, 0.15) is 0 Å². The van der Waals surface area contributed by atoms with E-state index in [0.717, 1.165) is 16.8 Å². The Morgan fingerprint density at radius 2 is 1.32 bits per heavy atom. The molecule has 3 nitrogen and oxygen atoms in total. The van der Waals surface area contributed by atoms with Crippen molar-refractivity contribution >= 4 is 29.5 Å². The van der Waals surface area contributed by atoms with Gasteiger partial charge in [0.2, 0.25) is 0 Å². The second kappa shape index (κ2) is 6.91. The van der Waals surface area contributed by atoms with E-state index >= 15 is 0 Å². The molecule has 0 atom stereocenters. The Kier molecular flexibility index (Phi) is 4.11. The molecule has 0 spiro atoms. The third kappa shape index (κ3) is 2.75. The molecule has 4 aromatic carbocycles. The second-order valence-electron chi connectivity index (χ2n) is 6.67. The van der Waals surface area contributed by atoms with Crippen molar-refractivity contribution in [3.8, 4) is 22.6 Å². The molecule has 0 bridgehead atoms. The van der Waals surface area contributed by atoms with E-state index in [4.69, 9.17) is 9.68 Å². The Hall–Kier alpha value is -3.50. The number of benzene rings is 4. The van der Waals surface area contributed by atoms with E-state index in [-0.39, 0.29) is 0 Å². The molecule has 0 unspecified atom stereocenters. The molecule has 0 fully saturated rings. The lowest BCUT2D eigenvalue weighted by Gasteiger charge is -2.08. The summed E-state index contributed by atoms with van der Waals surface area (Å²) in [5.74, 6) is 0.605. The lowest BCUT2D eigenvalue weighted by Crippen LogP contribution is -1.99. The molecule has 0 amide bonds. The van der Waals surface area contributed by atoms with Gasteiger partial charge in [-0.05, 0) is 53.6 Å². The minimum atomic E-state index is 0.605. The molecule has 28 heavy (non-hydrogen) atoms. The van der Waals surface area contributed by atoms with Crippen molar-refractivity contribution in [2.75, 3.05) is 0 Å². The van der Waals surface area contributed by atoms with E-state index in [0.29, 0.717) is 13.4 Å². The Balaban J connectivity index is 1.71. The third-order valence-electron chi connectivity index (χ3n) is 5.06. The maximum absolute atomic E-state index is 8.77. The Morgan fingerprint density at radius 1 is 0.643 bits per heavy atom. The standard InChI is InChI=1S/C24H17BNO2/c27-25-28-20-13-10-17(11-14-20)18-12-15-24-22(16-18)21-8-4-5-9-23(21)26(24)19-6-2-1-3-7-19/h1-16,27H. The molecule has 0 saturated heterocycles. The third-order valence-corrected chi connectivity index (χ3v) is 5.06. The van der Waals surface area contributed by atoms with Gasteiger partial charge in [0.05, 0.1) is 11.0 Å². The predicted octanol–water partition coefficient (Wildman–Crippen LogP) is 5.36. The first-order valence-electron chi connectivity index (χ1n) is 9.17. The number of hydrogen-bond acceptors (Lipinski definition) is 2. The average molecular weight is 362 g/mol. The van der Waals surface area contributed by atoms with Gasteiger partial charge in [-0.3, -0.25) is 0 Å². The molecule has 133 valence electrons. The van der Waals surface area contributed by atoms with Crippen LogP contribution in [0.3, 0.4) is 0 Å². The first-order valence-corrected chi connectivity index (χ1v) is 9.17. The fourth-order valence-corrected chi connectivity index (χ4v) is 3.79. The lowest BCUT2D eigenvalue weighted by molar-refractivity contribution is 0.454. The number of rotatable bonds is 4. The molecule has 1 radical (unpaired) electrons. The zero-order valence-corrected chi connectivity index (χ0v) is 15.1. The fraction of sp³-hybridized carbons (Fsp3) is 0. The molecule has 0 aliphatic rings. The summed E-state index contributed by atoms with van der Waals surface area (Å²) < 4.78 is 7.31. The van der Waals surface area contributed by atoms with Gasteiger partial charge in [-0.2, -0.15) is 0 Å². The van der Waals surface area contributed by atoms with E-state index in [9.17, 15) is 0 Å². The van der Waals surface area contributed by atoms with Crippen LogP contribution >= 0.6 is 0 Å². The fourth-order valence-electron chi connectivity index (χ4n) is 3.79.